The Hall–Kier alpha value is -1.58. The number of rotatable bonds is 4. The van der Waals surface area contributed by atoms with E-state index in [-0.39, 0.29) is 0 Å². The fraction of sp³-hybridized carbons (Fsp3) is 0.571. The standard InChI is InChI=1S/C14H20N4/c1-3-5-14(6-7-14)9-18-12-11(17-13(18)15)10(2)4-8-16-12/h4,8H,3,5-7,9H2,1-2H3,(H2,15,17). The molecule has 3 rings (SSSR count). The molecule has 2 aromatic rings. The van der Waals surface area contributed by atoms with Crippen LogP contribution in [0, 0.1) is 12.3 Å². The number of fused-ring (bicyclic) bond motifs is 1. The fourth-order valence-corrected chi connectivity index (χ4v) is 2.84. The van der Waals surface area contributed by atoms with E-state index in [0.29, 0.717) is 11.4 Å². The topological polar surface area (TPSA) is 56.7 Å². The Kier molecular flexibility index (Phi) is 2.54. The van der Waals surface area contributed by atoms with Gasteiger partial charge in [-0.2, -0.15) is 0 Å². The lowest BCUT2D eigenvalue weighted by Crippen LogP contribution is -2.14. The second-order valence-electron chi connectivity index (χ2n) is 5.61. The van der Waals surface area contributed by atoms with Gasteiger partial charge >= 0.3 is 0 Å². The van der Waals surface area contributed by atoms with Gasteiger partial charge in [-0.05, 0) is 43.2 Å². The Balaban J connectivity index is 2.02. The van der Waals surface area contributed by atoms with Crippen LogP contribution in [-0.4, -0.2) is 14.5 Å². The third-order valence-electron chi connectivity index (χ3n) is 4.10. The molecule has 2 heterocycles. The summed E-state index contributed by atoms with van der Waals surface area (Å²) in [5.74, 6) is 0.606. The van der Waals surface area contributed by atoms with Gasteiger partial charge in [0.1, 0.15) is 5.52 Å². The molecular formula is C14H20N4. The highest BCUT2D eigenvalue weighted by Crippen LogP contribution is 2.51. The zero-order chi connectivity index (χ0) is 12.8. The molecule has 0 amide bonds. The molecular weight excluding hydrogens is 224 g/mol. The van der Waals surface area contributed by atoms with E-state index in [1.807, 2.05) is 12.3 Å². The van der Waals surface area contributed by atoms with Gasteiger partial charge in [0, 0.05) is 12.7 Å². The van der Waals surface area contributed by atoms with Gasteiger partial charge < -0.3 is 5.73 Å². The number of nitrogens with two attached hydrogens (primary N) is 1. The van der Waals surface area contributed by atoms with Gasteiger partial charge in [0.05, 0.1) is 0 Å². The van der Waals surface area contributed by atoms with Crippen LogP contribution in [0.15, 0.2) is 12.3 Å². The first-order valence-electron chi connectivity index (χ1n) is 6.72. The van der Waals surface area contributed by atoms with Gasteiger partial charge in [0.15, 0.2) is 5.65 Å². The molecule has 1 saturated carbocycles. The van der Waals surface area contributed by atoms with Crippen molar-refractivity contribution in [3.05, 3.63) is 17.8 Å². The van der Waals surface area contributed by atoms with E-state index < -0.39 is 0 Å². The Morgan fingerprint density at radius 2 is 2.22 bits per heavy atom. The maximum absolute atomic E-state index is 6.07. The van der Waals surface area contributed by atoms with Gasteiger partial charge in [-0.1, -0.05) is 13.3 Å². The third kappa shape index (κ3) is 1.76. The van der Waals surface area contributed by atoms with E-state index in [1.54, 1.807) is 0 Å². The minimum atomic E-state index is 0.460. The van der Waals surface area contributed by atoms with Crippen molar-refractivity contribution in [2.75, 3.05) is 5.73 Å². The van der Waals surface area contributed by atoms with Crippen LogP contribution in [0.4, 0.5) is 5.95 Å². The minimum Gasteiger partial charge on any atom is -0.369 e. The summed E-state index contributed by atoms with van der Waals surface area (Å²) in [7, 11) is 0. The van der Waals surface area contributed by atoms with E-state index in [1.165, 1.54) is 25.7 Å². The average molecular weight is 244 g/mol. The van der Waals surface area contributed by atoms with Crippen LogP contribution >= 0.6 is 0 Å². The summed E-state index contributed by atoms with van der Waals surface area (Å²) in [5, 5.41) is 0. The lowest BCUT2D eigenvalue weighted by molar-refractivity contribution is 0.395. The molecule has 0 bridgehead atoms. The fourth-order valence-electron chi connectivity index (χ4n) is 2.84. The van der Waals surface area contributed by atoms with Crippen molar-refractivity contribution < 1.29 is 0 Å². The smallest absolute Gasteiger partial charge is 0.202 e. The molecule has 1 aliphatic carbocycles. The van der Waals surface area contributed by atoms with Crippen molar-refractivity contribution in [2.45, 2.75) is 46.1 Å². The van der Waals surface area contributed by atoms with Crippen molar-refractivity contribution in [1.29, 1.82) is 0 Å². The number of pyridine rings is 1. The zero-order valence-electron chi connectivity index (χ0n) is 11.1. The summed E-state index contributed by atoms with van der Waals surface area (Å²) in [5.41, 5.74) is 9.56. The minimum absolute atomic E-state index is 0.460. The lowest BCUT2D eigenvalue weighted by atomic mass is 10.0. The molecule has 0 saturated heterocycles. The SMILES string of the molecule is CCCC1(Cn2c(N)nc3c(C)ccnc32)CC1. The van der Waals surface area contributed by atoms with Gasteiger partial charge in [0.25, 0.3) is 0 Å². The number of nitrogen functional groups attached to an aromatic ring is 1. The zero-order valence-corrected chi connectivity index (χ0v) is 11.1. The quantitative estimate of drug-likeness (QED) is 0.899. The van der Waals surface area contributed by atoms with E-state index in [4.69, 9.17) is 5.73 Å². The monoisotopic (exact) mass is 244 g/mol. The number of hydrogen-bond acceptors (Lipinski definition) is 3. The highest BCUT2D eigenvalue weighted by Gasteiger charge is 2.42. The summed E-state index contributed by atoms with van der Waals surface area (Å²) >= 11 is 0. The maximum atomic E-state index is 6.07. The molecule has 2 aromatic heterocycles. The number of hydrogen-bond donors (Lipinski definition) is 1. The molecule has 1 aliphatic rings. The second kappa shape index (κ2) is 3.97. The molecule has 0 unspecified atom stereocenters. The number of nitrogens with zero attached hydrogens (tertiary/aromatic N) is 3. The summed E-state index contributed by atoms with van der Waals surface area (Å²) in [4.78, 5) is 8.92. The van der Waals surface area contributed by atoms with Crippen molar-refractivity contribution >= 4 is 17.1 Å². The molecule has 0 radical (unpaired) electrons. The highest BCUT2D eigenvalue weighted by molar-refractivity contribution is 5.77. The molecule has 0 aromatic carbocycles. The van der Waals surface area contributed by atoms with Crippen molar-refractivity contribution in [3.8, 4) is 0 Å². The third-order valence-corrected chi connectivity index (χ3v) is 4.10. The molecule has 96 valence electrons. The number of aromatic nitrogens is 3. The predicted molar refractivity (Wildman–Crippen MR) is 73.3 cm³/mol. The Morgan fingerprint density at radius 3 is 2.89 bits per heavy atom. The molecule has 0 aliphatic heterocycles. The highest BCUT2D eigenvalue weighted by atomic mass is 15.2. The average Bonchev–Trinajstić information content (AvgIpc) is 3.02. The Bertz CT molecular complexity index is 581. The first kappa shape index (κ1) is 11.5. The first-order chi connectivity index (χ1) is 8.65. The van der Waals surface area contributed by atoms with Crippen LogP contribution in [0.2, 0.25) is 0 Å². The lowest BCUT2D eigenvalue weighted by Gasteiger charge is -2.15. The van der Waals surface area contributed by atoms with Crippen molar-refractivity contribution in [3.63, 3.8) is 0 Å². The van der Waals surface area contributed by atoms with E-state index in [0.717, 1.165) is 23.3 Å². The second-order valence-corrected chi connectivity index (χ2v) is 5.61. The first-order valence-corrected chi connectivity index (χ1v) is 6.72. The number of anilines is 1. The molecule has 4 heteroatoms. The normalized spacial score (nSPS) is 17.2. The van der Waals surface area contributed by atoms with E-state index in [2.05, 4.69) is 28.4 Å². The van der Waals surface area contributed by atoms with Crippen LogP contribution in [0.25, 0.3) is 11.2 Å². The van der Waals surface area contributed by atoms with E-state index >= 15 is 0 Å². The van der Waals surface area contributed by atoms with Crippen LogP contribution < -0.4 is 5.73 Å². The predicted octanol–water partition coefficient (Wildman–Crippen LogP) is 2.90. The summed E-state index contributed by atoms with van der Waals surface area (Å²) in [6, 6.07) is 1.98. The van der Waals surface area contributed by atoms with Crippen molar-refractivity contribution in [1.82, 2.24) is 14.5 Å². The van der Waals surface area contributed by atoms with Gasteiger partial charge in [-0.25, -0.2) is 9.97 Å². The Morgan fingerprint density at radius 1 is 1.44 bits per heavy atom. The largest absolute Gasteiger partial charge is 0.369 e. The van der Waals surface area contributed by atoms with Crippen LogP contribution in [-0.2, 0) is 6.54 Å². The molecule has 2 N–H and O–H groups in total. The number of aryl methyl sites for hydroxylation is 1. The van der Waals surface area contributed by atoms with Crippen LogP contribution in [0.5, 0.6) is 0 Å². The maximum Gasteiger partial charge on any atom is 0.202 e. The summed E-state index contributed by atoms with van der Waals surface area (Å²) in [6.07, 6.45) is 6.98. The van der Waals surface area contributed by atoms with Crippen LogP contribution in [0.3, 0.4) is 0 Å². The number of imidazole rings is 1. The molecule has 1 fully saturated rings. The molecule has 0 atom stereocenters. The molecule has 4 nitrogen and oxygen atoms in total. The molecule has 18 heavy (non-hydrogen) atoms. The molecule has 0 spiro atoms. The van der Waals surface area contributed by atoms with Gasteiger partial charge in [-0.3, -0.25) is 4.57 Å². The van der Waals surface area contributed by atoms with Crippen molar-refractivity contribution in [2.24, 2.45) is 5.41 Å². The summed E-state index contributed by atoms with van der Waals surface area (Å²) in [6.45, 7) is 5.27. The van der Waals surface area contributed by atoms with Crippen LogP contribution in [0.1, 0.15) is 38.2 Å². The van der Waals surface area contributed by atoms with E-state index in [9.17, 15) is 0 Å². The van der Waals surface area contributed by atoms with Gasteiger partial charge in [-0.15, -0.1) is 0 Å². The van der Waals surface area contributed by atoms with Gasteiger partial charge in [0.2, 0.25) is 5.95 Å². The Labute approximate surface area is 107 Å². The summed E-state index contributed by atoms with van der Waals surface area (Å²) < 4.78 is 2.10.